The Labute approximate surface area is 152 Å². The first kappa shape index (κ1) is 18.7. The molecule has 0 aliphatic carbocycles. The van der Waals surface area contributed by atoms with E-state index in [0.29, 0.717) is 15.6 Å². The van der Waals surface area contributed by atoms with Gasteiger partial charge in [-0.25, -0.2) is 0 Å². The van der Waals surface area contributed by atoms with Gasteiger partial charge in [-0.15, -0.1) is 0 Å². The molecule has 1 atom stereocenters. The maximum atomic E-state index is 12.3. The topological polar surface area (TPSA) is 115 Å². The summed E-state index contributed by atoms with van der Waals surface area (Å²) in [6.07, 6.45) is 0.0615. The summed E-state index contributed by atoms with van der Waals surface area (Å²) >= 11 is 11.9. The minimum atomic E-state index is -1.04. The van der Waals surface area contributed by atoms with E-state index in [1.165, 1.54) is 24.3 Å². The highest BCUT2D eigenvalue weighted by atomic mass is 35.5. The summed E-state index contributed by atoms with van der Waals surface area (Å²) in [6, 6.07) is 8.85. The first-order chi connectivity index (χ1) is 11.8. The Hall–Kier alpha value is -2.64. The molecule has 0 saturated heterocycles. The number of carbonyl (C=O) groups excluding carboxylic acids is 2. The third-order valence-corrected chi connectivity index (χ3v) is 3.99. The normalized spacial score (nSPS) is 11.6. The standard InChI is InChI=1S/C16H13Cl2N3O4/c17-11-5-4-9(13(18)8-11)7-14(15(19)22)20-16(23)10-2-1-3-12(6-10)21(24)25/h1-6,8,14H,7H2,(H2,19,22)(H,20,23)/t14-/m0/s1. The van der Waals surface area contributed by atoms with Crippen molar-refractivity contribution >= 4 is 40.7 Å². The van der Waals surface area contributed by atoms with Crippen LogP contribution in [0.25, 0.3) is 0 Å². The van der Waals surface area contributed by atoms with Crippen LogP contribution in [0, 0.1) is 10.1 Å². The number of nitro groups is 1. The molecule has 0 fully saturated rings. The van der Waals surface area contributed by atoms with Crippen molar-refractivity contribution in [3.05, 3.63) is 73.8 Å². The van der Waals surface area contributed by atoms with Gasteiger partial charge in [-0.3, -0.25) is 19.7 Å². The van der Waals surface area contributed by atoms with E-state index in [9.17, 15) is 19.7 Å². The van der Waals surface area contributed by atoms with E-state index >= 15 is 0 Å². The molecule has 0 heterocycles. The highest BCUT2D eigenvalue weighted by molar-refractivity contribution is 6.35. The Morgan fingerprint density at radius 1 is 1.20 bits per heavy atom. The number of amides is 2. The van der Waals surface area contributed by atoms with E-state index in [2.05, 4.69) is 5.32 Å². The molecule has 0 radical (unpaired) electrons. The Morgan fingerprint density at radius 3 is 2.52 bits per heavy atom. The molecule has 25 heavy (non-hydrogen) atoms. The zero-order valence-electron chi connectivity index (χ0n) is 12.7. The average Bonchev–Trinajstić information content (AvgIpc) is 2.56. The fraction of sp³-hybridized carbons (Fsp3) is 0.125. The van der Waals surface area contributed by atoms with Crippen molar-refractivity contribution in [1.82, 2.24) is 5.32 Å². The molecular formula is C16H13Cl2N3O4. The summed E-state index contributed by atoms with van der Waals surface area (Å²) in [6.45, 7) is 0. The van der Waals surface area contributed by atoms with E-state index in [-0.39, 0.29) is 17.7 Å². The van der Waals surface area contributed by atoms with Crippen LogP contribution in [0.2, 0.25) is 10.0 Å². The van der Waals surface area contributed by atoms with E-state index < -0.39 is 22.8 Å². The largest absolute Gasteiger partial charge is 0.368 e. The van der Waals surface area contributed by atoms with E-state index in [0.717, 1.165) is 6.07 Å². The first-order valence-corrected chi connectivity index (χ1v) is 7.82. The van der Waals surface area contributed by atoms with Gasteiger partial charge in [0.15, 0.2) is 0 Å². The van der Waals surface area contributed by atoms with Crippen molar-refractivity contribution in [2.75, 3.05) is 0 Å². The number of nitrogens with one attached hydrogen (secondary N) is 1. The molecule has 0 unspecified atom stereocenters. The van der Waals surface area contributed by atoms with E-state index in [1.807, 2.05) is 0 Å². The molecule has 0 aromatic heterocycles. The number of nitrogens with two attached hydrogens (primary N) is 1. The van der Waals surface area contributed by atoms with Gasteiger partial charge in [0, 0.05) is 34.2 Å². The molecule has 0 aliphatic heterocycles. The van der Waals surface area contributed by atoms with Crippen LogP contribution in [0.5, 0.6) is 0 Å². The number of nitro benzene ring substituents is 1. The molecule has 0 spiro atoms. The second-order valence-corrected chi connectivity index (χ2v) is 6.02. The fourth-order valence-corrected chi connectivity index (χ4v) is 2.62. The third kappa shape index (κ3) is 4.91. The van der Waals surface area contributed by atoms with Crippen LogP contribution in [0.15, 0.2) is 42.5 Å². The summed E-state index contributed by atoms with van der Waals surface area (Å²) in [5.41, 5.74) is 5.73. The number of carbonyl (C=O) groups is 2. The van der Waals surface area contributed by atoms with E-state index in [1.54, 1.807) is 12.1 Å². The van der Waals surface area contributed by atoms with Crippen molar-refractivity contribution in [1.29, 1.82) is 0 Å². The van der Waals surface area contributed by atoms with Crippen LogP contribution in [0.1, 0.15) is 15.9 Å². The minimum absolute atomic E-state index is 0.0441. The second-order valence-electron chi connectivity index (χ2n) is 5.18. The molecule has 2 rings (SSSR count). The number of halogens is 2. The SMILES string of the molecule is NC(=O)[C@H](Cc1ccc(Cl)cc1Cl)NC(=O)c1cccc([N+](=O)[O-])c1. The van der Waals surface area contributed by atoms with Gasteiger partial charge < -0.3 is 11.1 Å². The van der Waals surface area contributed by atoms with Crippen molar-refractivity contribution in [2.45, 2.75) is 12.5 Å². The number of hydrogen-bond donors (Lipinski definition) is 2. The molecule has 2 amide bonds. The number of non-ortho nitro benzene ring substituents is 1. The Kier molecular flexibility index (Phi) is 5.95. The van der Waals surface area contributed by atoms with Gasteiger partial charge in [0.05, 0.1) is 4.92 Å². The summed E-state index contributed by atoms with van der Waals surface area (Å²) in [5.74, 6) is -1.41. The lowest BCUT2D eigenvalue weighted by Gasteiger charge is -2.16. The van der Waals surface area contributed by atoms with Crippen LogP contribution >= 0.6 is 23.2 Å². The fourth-order valence-electron chi connectivity index (χ4n) is 2.13. The maximum absolute atomic E-state index is 12.3. The number of primary amides is 1. The molecule has 2 aromatic rings. The smallest absolute Gasteiger partial charge is 0.270 e. The average molecular weight is 382 g/mol. The second kappa shape index (κ2) is 7.96. The van der Waals surface area contributed by atoms with Gasteiger partial charge in [0.2, 0.25) is 5.91 Å². The van der Waals surface area contributed by atoms with Gasteiger partial charge in [-0.05, 0) is 23.8 Å². The quantitative estimate of drug-likeness (QED) is 0.590. The lowest BCUT2D eigenvalue weighted by atomic mass is 10.0. The molecular weight excluding hydrogens is 369 g/mol. The van der Waals surface area contributed by atoms with Crippen LogP contribution in [-0.2, 0) is 11.2 Å². The van der Waals surface area contributed by atoms with Gasteiger partial charge in [-0.2, -0.15) is 0 Å². The molecule has 0 bridgehead atoms. The van der Waals surface area contributed by atoms with Gasteiger partial charge >= 0.3 is 0 Å². The molecule has 0 saturated carbocycles. The van der Waals surface area contributed by atoms with Gasteiger partial charge in [-0.1, -0.05) is 35.3 Å². The lowest BCUT2D eigenvalue weighted by Crippen LogP contribution is -2.45. The number of rotatable bonds is 6. The Balaban J connectivity index is 2.18. The van der Waals surface area contributed by atoms with Gasteiger partial charge in [0.1, 0.15) is 6.04 Å². The number of benzene rings is 2. The monoisotopic (exact) mass is 381 g/mol. The van der Waals surface area contributed by atoms with Crippen molar-refractivity contribution in [2.24, 2.45) is 5.73 Å². The third-order valence-electron chi connectivity index (χ3n) is 3.41. The van der Waals surface area contributed by atoms with Crippen LogP contribution in [0.4, 0.5) is 5.69 Å². The van der Waals surface area contributed by atoms with Crippen LogP contribution in [0.3, 0.4) is 0 Å². The molecule has 7 nitrogen and oxygen atoms in total. The molecule has 3 N–H and O–H groups in total. The molecule has 130 valence electrons. The predicted molar refractivity (Wildman–Crippen MR) is 93.7 cm³/mol. The predicted octanol–water partition coefficient (Wildman–Crippen LogP) is 2.73. The highest BCUT2D eigenvalue weighted by Crippen LogP contribution is 2.22. The Bertz CT molecular complexity index is 842. The van der Waals surface area contributed by atoms with Gasteiger partial charge in [0.25, 0.3) is 11.6 Å². The summed E-state index contributed by atoms with van der Waals surface area (Å²) in [5, 5.41) is 14.0. The molecule has 0 aliphatic rings. The van der Waals surface area contributed by atoms with Crippen LogP contribution < -0.4 is 11.1 Å². The number of hydrogen-bond acceptors (Lipinski definition) is 4. The number of nitrogens with zero attached hydrogens (tertiary/aromatic N) is 1. The summed E-state index contributed by atoms with van der Waals surface area (Å²) in [7, 11) is 0. The minimum Gasteiger partial charge on any atom is -0.368 e. The summed E-state index contributed by atoms with van der Waals surface area (Å²) in [4.78, 5) is 34.1. The maximum Gasteiger partial charge on any atom is 0.270 e. The first-order valence-electron chi connectivity index (χ1n) is 7.06. The van der Waals surface area contributed by atoms with Crippen molar-refractivity contribution in [3.63, 3.8) is 0 Å². The molecule has 9 heteroatoms. The highest BCUT2D eigenvalue weighted by Gasteiger charge is 2.21. The summed E-state index contributed by atoms with van der Waals surface area (Å²) < 4.78 is 0. The lowest BCUT2D eigenvalue weighted by molar-refractivity contribution is -0.384. The zero-order chi connectivity index (χ0) is 18.6. The zero-order valence-corrected chi connectivity index (χ0v) is 14.3. The van der Waals surface area contributed by atoms with Crippen LogP contribution in [-0.4, -0.2) is 22.8 Å². The van der Waals surface area contributed by atoms with E-state index in [4.69, 9.17) is 28.9 Å². The van der Waals surface area contributed by atoms with Crippen molar-refractivity contribution in [3.8, 4) is 0 Å². The Morgan fingerprint density at radius 2 is 1.92 bits per heavy atom. The molecule has 2 aromatic carbocycles. The van der Waals surface area contributed by atoms with Crippen molar-refractivity contribution < 1.29 is 14.5 Å².